The summed E-state index contributed by atoms with van der Waals surface area (Å²) in [6.45, 7) is 0. The van der Waals surface area contributed by atoms with Gasteiger partial charge in [0.05, 0.1) is 5.52 Å². The molecule has 1 atom stereocenters. The van der Waals surface area contributed by atoms with Crippen LogP contribution in [-0.2, 0) is 17.6 Å². The Hall–Kier alpha value is -3.02. The number of nitrogens with zero attached hydrogens (tertiary/aromatic N) is 2. The fourth-order valence-corrected chi connectivity index (χ4v) is 3.73. The van der Waals surface area contributed by atoms with Crippen molar-refractivity contribution in [1.82, 2.24) is 9.97 Å². The number of halogens is 1. The summed E-state index contributed by atoms with van der Waals surface area (Å²) in [5, 5.41) is 7.13. The van der Waals surface area contributed by atoms with Crippen molar-refractivity contribution in [1.29, 1.82) is 0 Å². The van der Waals surface area contributed by atoms with Crippen LogP contribution in [0.25, 0.3) is 10.9 Å². The molecule has 136 valence electrons. The average Bonchev–Trinajstić information content (AvgIpc) is 3.43. The van der Waals surface area contributed by atoms with E-state index < -0.39 is 0 Å². The summed E-state index contributed by atoms with van der Waals surface area (Å²) in [7, 11) is 0. The van der Waals surface area contributed by atoms with E-state index in [1.165, 1.54) is 29.6 Å². The van der Waals surface area contributed by atoms with Gasteiger partial charge >= 0.3 is 0 Å². The second-order valence-electron chi connectivity index (χ2n) is 7.38. The van der Waals surface area contributed by atoms with E-state index >= 15 is 0 Å². The molecule has 2 aliphatic carbocycles. The Labute approximate surface area is 156 Å². The molecule has 5 rings (SSSR count). The first kappa shape index (κ1) is 16.2. The van der Waals surface area contributed by atoms with Gasteiger partial charge in [0.15, 0.2) is 0 Å². The predicted octanol–water partition coefficient (Wildman–Crippen LogP) is 3.70. The summed E-state index contributed by atoms with van der Waals surface area (Å²) in [6, 6.07) is 10.8. The van der Waals surface area contributed by atoms with Gasteiger partial charge in [-0.05, 0) is 67.1 Å². The van der Waals surface area contributed by atoms with Crippen LogP contribution < -0.4 is 10.6 Å². The third-order valence-electron chi connectivity index (χ3n) is 5.29. The fourth-order valence-electron chi connectivity index (χ4n) is 3.73. The maximum atomic E-state index is 13.6. The zero-order valence-corrected chi connectivity index (χ0v) is 14.7. The number of anilines is 2. The third kappa shape index (κ3) is 3.23. The number of hydrogen-bond donors (Lipinski definition) is 2. The molecule has 5 nitrogen and oxygen atoms in total. The Balaban J connectivity index is 1.34. The van der Waals surface area contributed by atoms with Gasteiger partial charge < -0.3 is 10.6 Å². The fraction of sp³-hybridized carbons (Fsp3) is 0.286. The smallest absolute Gasteiger partial charge is 0.227 e. The van der Waals surface area contributed by atoms with Crippen molar-refractivity contribution in [3.63, 3.8) is 0 Å². The lowest BCUT2D eigenvalue weighted by molar-refractivity contribution is -0.117. The van der Waals surface area contributed by atoms with E-state index in [0.29, 0.717) is 11.2 Å². The summed E-state index contributed by atoms with van der Waals surface area (Å²) in [5.74, 6) is 0.668. The Morgan fingerprint density at radius 1 is 1.04 bits per heavy atom. The van der Waals surface area contributed by atoms with Crippen molar-refractivity contribution in [3.8, 4) is 0 Å². The van der Waals surface area contributed by atoms with Gasteiger partial charge in [0.25, 0.3) is 0 Å². The minimum atomic E-state index is -0.300. The summed E-state index contributed by atoms with van der Waals surface area (Å²) < 4.78 is 13.6. The zero-order valence-electron chi connectivity index (χ0n) is 14.7. The lowest BCUT2D eigenvalue weighted by Gasteiger charge is -2.14. The van der Waals surface area contributed by atoms with E-state index in [-0.39, 0.29) is 23.7 Å². The monoisotopic (exact) mass is 362 g/mol. The largest absolute Gasteiger partial charge is 0.366 e. The van der Waals surface area contributed by atoms with Crippen LogP contribution in [0.5, 0.6) is 0 Å². The zero-order chi connectivity index (χ0) is 18.4. The molecule has 2 aliphatic rings. The summed E-state index contributed by atoms with van der Waals surface area (Å²) in [6.07, 6.45) is 5.19. The Morgan fingerprint density at radius 3 is 2.74 bits per heavy atom. The van der Waals surface area contributed by atoms with Crippen LogP contribution in [0.15, 0.2) is 42.7 Å². The highest BCUT2D eigenvalue weighted by Crippen LogP contribution is 2.32. The molecule has 0 aliphatic heterocycles. The topological polar surface area (TPSA) is 66.9 Å². The van der Waals surface area contributed by atoms with Gasteiger partial charge in [0, 0.05) is 23.0 Å². The number of benzene rings is 2. The summed E-state index contributed by atoms with van der Waals surface area (Å²) in [4.78, 5) is 20.5. The number of fused-ring (bicyclic) bond motifs is 2. The molecule has 1 aromatic heterocycles. The first-order valence-electron chi connectivity index (χ1n) is 9.25. The number of nitrogens with one attached hydrogen (secondary N) is 2. The van der Waals surface area contributed by atoms with Gasteiger partial charge in [0.1, 0.15) is 18.0 Å². The average molecular weight is 362 g/mol. The van der Waals surface area contributed by atoms with E-state index in [2.05, 4.69) is 32.7 Å². The van der Waals surface area contributed by atoms with Crippen LogP contribution in [-0.4, -0.2) is 21.9 Å². The summed E-state index contributed by atoms with van der Waals surface area (Å²) >= 11 is 0. The molecule has 1 heterocycles. The first-order chi connectivity index (χ1) is 13.2. The molecule has 0 saturated heterocycles. The van der Waals surface area contributed by atoms with Crippen molar-refractivity contribution < 1.29 is 9.18 Å². The first-order valence-corrected chi connectivity index (χ1v) is 9.25. The van der Waals surface area contributed by atoms with Crippen LogP contribution in [0.4, 0.5) is 15.9 Å². The maximum absolute atomic E-state index is 13.6. The van der Waals surface area contributed by atoms with Crippen molar-refractivity contribution in [2.45, 2.75) is 31.7 Å². The van der Waals surface area contributed by atoms with E-state index in [4.69, 9.17) is 0 Å². The van der Waals surface area contributed by atoms with Gasteiger partial charge in [-0.15, -0.1) is 0 Å². The van der Waals surface area contributed by atoms with Crippen LogP contribution >= 0.6 is 0 Å². The molecule has 1 amide bonds. The number of hydrogen-bond acceptors (Lipinski definition) is 4. The molecule has 0 bridgehead atoms. The Kier molecular flexibility index (Phi) is 3.77. The van der Waals surface area contributed by atoms with Crippen molar-refractivity contribution in [2.24, 2.45) is 5.92 Å². The highest BCUT2D eigenvalue weighted by Gasteiger charge is 2.30. The Morgan fingerprint density at radius 2 is 1.89 bits per heavy atom. The molecule has 27 heavy (non-hydrogen) atoms. The van der Waals surface area contributed by atoms with Crippen LogP contribution in [0.2, 0.25) is 0 Å². The molecule has 0 radical (unpaired) electrons. The van der Waals surface area contributed by atoms with Gasteiger partial charge in [-0.3, -0.25) is 4.79 Å². The van der Waals surface area contributed by atoms with Crippen molar-refractivity contribution in [2.75, 3.05) is 10.6 Å². The molecule has 2 aromatic carbocycles. The third-order valence-corrected chi connectivity index (χ3v) is 5.29. The molecule has 6 heteroatoms. The number of carbonyl (C=O) groups excluding carboxylic acids is 1. The van der Waals surface area contributed by atoms with Crippen molar-refractivity contribution in [3.05, 3.63) is 59.7 Å². The van der Waals surface area contributed by atoms with Gasteiger partial charge in [0.2, 0.25) is 5.91 Å². The number of rotatable bonds is 4. The van der Waals surface area contributed by atoms with Gasteiger partial charge in [-0.1, -0.05) is 6.07 Å². The lowest BCUT2D eigenvalue weighted by Crippen LogP contribution is -2.20. The second kappa shape index (κ2) is 6.30. The van der Waals surface area contributed by atoms with Gasteiger partial charge in [-0.2, -0.15) is 0 Å². The minimum absolute atomic E-state index is 0.122. The minimum Gasteiger partial charge on any atom is -0.366 e. The quantitative estimate of drug-likeness (QED) is 0.743. The molecular formula is C21H19FN4O. The molecule has 0 spiro atoms. The van der Waals surface area contributed by atoms with Gasteiger partial charge in [-0.25, -0.2) is 14.4 Å². The van der Waals surface area contributed by atoms with Crippen molar-refractivity contribution >= 4 is 28.3 Å². The number of aromatic nitrogens is 2. The maximum Gasteiger partial charge on any atom is 0.227 e. The lowest BCUT2D eigenvalue weighted by atomic mass is 10.1. The van der Waals surface area contributed by atoms with Crippen LogP contribution in [0.1, 0.15) is 24.0 Å². The van der Waals surface area contributed by atoms with Crippen LogP contribution in [0, 0.1) is 11.7 Å². The Bertz CT molecular complexity index is 1050. The highest BCUT2D eigenvalue weighted by molar-refractivity contribution is 5.94. The standard InChI is InChI=1S/C21H19FN4O/c22-15-4-6-19-18(10-15)20(24-11-23-19)25-17-7-13-3-5-16(8-14(13)9-17)26-21(27)12-1-2-12/h3-6,8,10-12,17H,1-2,7,9H2,(H,26,27)(H,23,24,25). The normalized spacial score (nSPS) is 18.3. The summed E-state index contributed by atoms with van der Waals surface area (Å²) in [5.41, 5.74) is 4.07. The number of carbonyl (C=O) groups is 1. The SMILES string of the molecule is O=C(Nc1ccc2c(c1)CC(Nc1ncnc3ccc(F)cc13)C2)C1CC1. The number of amides is 1. The van der Waals surface area contributed by atoms with Crippen LogP contribution in [0.3, 0.4) is 0 Å². The van der Waals surface area contributed by atoms with E-state index in [1.54, 1.807) is 6.07 Å². The molecule has 1 fully saturated rings. The molecule has 1 saturated carbocycles. The molecular weight excluding hydrogens is 343 g/mol. The molecule has 2 N–H and O–H groups in total. The molecule has 1 unspecified atom stereocenters. The van der Waals surface area contributed by atoms with E-state index in [1.807, 2.05) is 6.07 Å². The second-order valence-corrected chi connectivity index (χ2v) is 7.38. The van der Waals surface area contributed by atoms with E-state index in [9.17, 15) is 9.18 Å². The predicted molar refractivity (Wildman–Crippen MR) is 102 cm³/mol. The highest BCUT2D eigenvalue weighted by atomic mass is 19.1. The van der Waals surface area contributed by atoms with E-state index in [0.717, 1.165) is 36.9 Å². The molecule has 3 aromatic rings.